The largest absolute Gasteiger partial charge is 0.437 e. The van der Waals surface area contributed by atoms with Gasteiger partial charge >= 0.3 is 0 Å². The zero-order chi connectivity index (χ0) is 11.7. The molecule has 2 N–H and O–H groups in total. The van der Waals surface area contributed by atoms with Crippen LogP contribution >= 0.6 is 22.6 Å². The topological polar surface area (TPSA) is 53.1 Å². The molecule has 2 rings (SSSR count). The fourth-order valence-corrected chi connectivity index (χ4v) is 1.92. The lowest BCUT2D eigenvalue weighted by molar-refractivity contribution is 0.432. The summed E-state index contributed by atoms with van der Waals surface area (Å²) in [6.45, 7) is 1.92. The smallest absolute Gasteiger partial charge is 0.217 e. The minimum atomic E-state index is 0.630. The Morgan fingerprint density at radius 2 is 2.12 bits per heavy atom. The van der Waals surface area contributed by atoms with Gasteiger partial charge in [-0.25, -0.2) is 4.68 Å². The molecule has 0 atom stereocenters. The number of hydrogen-bond acceptors (Lipinski definition) is 3. The van der Waals surface area contributed by atoms with Crippen molar-refractivity contribution in [2.75, 3.05) is 5.73 Å². The average molecular weight is 329 g/mol. The Balaban J connectivity index is 2.30. The lowest BCUT2D eigenvalue weighted by Crippen LogP contribution is -1.97. The van der Waals surface area contributed by atoms with Crippen molar-refractivity contribution in [1.29, 1.82) is 0 Å². The third kappa shape index (κ3) is 2.29. The van der Waals surface area contributed by atoms with E-state index in [2.05, 4.69) is 27.7 Å². The van der Waals surface area contributed by atoms with Gasteiger partial charge in [-0.1, -0.05) is 0 Å². The maximum atomic E-state index is 5.87. The Hall–Kier alpha value is -1.24. The number of nitrogen functional groups attached to an aromatic ring is 1. The van der Waals surface area contributed by atoms with Gasteiger partial charge in [-0.15, -0.1) is 0 Å². The molecule has 1 heterocycles. The maximum absolute atomic E-state index is 5.87. The van der Waals surface area contributed by atoms with Crippen LogP contribution in [-0.2, 0) is 7.05 Å². The SMILES string of the molecule is Cc1cc(Oc2ccc(I)cc2N)n(C)n1. The van der Waals surface area contributed by atoms with E-state index in [0.29, 0.717) is 17.3 Å². The number of ether oxygens (including phenoxy) is 1. The van der Waals surface area contributed by atoms with E-state index in [1.54, 1.807) is 4.68 Å². The quantitative estimate of drug-likeness (QED) is 0.681. The Bertz CT molecular complexity index is 522. The van der Waals surface area contributed by atoms with Crippen molar-refractivity contribution in [3.63, 3.8) is 0 Å². The first-order valence-corrected chi connectivity index (χ1v) is 5.87. The minimum absolute atomic E-state index is 0.630. The van der Waals surface area contributed by atoms with Crippen LogP contribution in [-0.4, -0.2) is 9.78 Å². The summed E-state index contributed by atoms with van der Waals surface area (Å²) < 4.78 is 8.46. The van der Waals surface area contributed by atoms with Crippen LogP contribution < -0.4 is 10.5 Å². The molecule has 4 nitrogen and oxygen atoms in total. The van der Waals surface area contributed by atoms with Crippen LogP contribution in [0.5, 0.6) is 11.6 Å². The molecule has 0 amide bonds. The van der Waals surface area contributed by atoms with Gasteiger partial charge in [-0.3, -0.25) is 0 Å². The maximum Gasteiger partial charge on any atom is 0.217 e. The number of nitrogens with two attached hydrogens (primary N) is 1. The molecule has 0 fully saturated rings. The zero-order valence-corrected chi connectivity index (χ0v) is 11.2. The highest BCUT2D eigenvalue weighted by molar-refractivity contribution is 14.1. The van der Waals surface area contributed by atoms with Crippen LogP contribution in [0.25, 0.3) is 0 Å². The molecule has 0 radical (unpaired) electrons. The second-order valence-corrected chi connectivity index (χ2v) is 4.78. The summed E-state index contributed by atoms with van der Waals surface area (Å²) in [4.78, 5) is 0. The fraction of sp³-hybridized carbons (Fsp3) is 0.182. The molecule has 0 aliphatic rings. The van der Waals surface area contributed by atoms with E-state index in [1.165, 1.54) is 0 Å². The van der Waals surface area contributed by atoms with Crippen LogP contribution in [0, 0.1) is 10.5 Å². The number of aromatic nitrogens is 2. The van der Waals surface area contributed by atoms with Crippen molar-refractivity contribution in [3.05, 3.63) is 33.5 Å². The number of hydrogen-bond donors (Lipinski definition) is 1. The highest BCUT2D eigenvalue weighted by Crippen LogP contribution is 2.28. The number of anilines is 1. The van der Waals surface area contributed by atoms with Gasteiger partial charge in [0.25, 0.3) is 0 Å². The molecular weight excluding hydrogens is 317 g/mol. The van der Waals surface area contributed by atoms with Gasteiger partial charge in [-0.05, 0) is 47.7 Å². The lowest BCUT2D eigenvalue weighted by atomic mass is 10.3. The molecule has 0 aliphatic carbocycles. The standard InChI is InChI=1S/C11H12IN3O/c1-7-5-11(15(2)14-7)16-10-4-3-8(12)6-9(10)13/h3-6H,13H2,1-2H3. The summed E-state index contributed by atoms with van der Waals surface area (Å²) in [5.74, 6) is 1.34. The van der Waals surface area contributed by atoms with E-state index in [9.17, 15) is 0 Å². The predicted octanol–water partition coefficient (Wildman–Crippen LogP) is 2.71. The van der Waals surface area contributed by atoms with Crippen molar-refractivity contribution in [1.82, 2.24) is 9.78 Å². The Kier molecular flexibility index (Phi) is 3.04. The average Bonchev–Trinajstić information content (AvgIpc) is 2.50. The number of halogens is 1. The fourth-order valence-electron chi connectivity index (χ4n) is 1.41. The van der Waals surface area contributed by atoms with E-state index in [4.69, 9.17) is 10.5 Å². The molecule has 1 aromatic carbocycles. The summed E-state index contributed by atoms with van der Waals surface area (Å²) in [6.07, 6.45) is 0. The van der Waals surface area contributed by atoms with E-state index in [-0.39, 0.29) is 0 Å². The van der Waals surface area contributed by atoms with Gasteiger partial charge in [0.15, 0.2) is 5.75 Å². The molecular formula is C11H12IN3O. The van der Waals surface area contributed by atoms with Crippen molar-refractivity contribution < 1.29 is 4.74 Å². The summed E-state index contributed by atoms with van der Waals surface area (Å²) in [5, 5.41) is 4.20. The Morgan fingerprint density at radius 1 is 1.38 bits per heavy atom. The zero-order valence-electron chi connectivity index (χ0n) is 9.07. The number of aryl methyl sites for hydroxylation is 2. The molecule has 2 aromatic rings. The van der Waals surface area contributed by atoms with Gasteiger partial charge in [-0.2, -0.15) is 5.10 Å². The molecule has 0 bridgehead atoms. The van der Waals surface area contributed by atoms with Crippen LogP contribution in [0.15, 0.2) is 24.3 Å². The molecule has 0 aliphatic heterocycles. The normalized spacial score (nSPS) is 10.4. The van der Waals surface area contributed by atoms with Crippen LogP contribution in [0.1, 0.15) is 5.69 Å². The van der Waals surface area contributed by atoms with Gasteiger partial charge in [0.1, 0.15) is 0 Å². The summed E-state index contributed by atoms with van der Waals surface area (Å²) in [5.41, 5.74) is 7.42. The summed E-state index contributed by atoms with van der Waals surface area (Å²) >= 11 is 2.21. The molecule has 16 heavy (non-hydrogen) atoms. The first kappa shape index (κ1) is 11.3. The number of rotatable bonds is 2. The molecule has 84 valence electrons. The van der Waals surface area contributed by atoms with Gasteiger partial charge in [0.2, 0.25) is 5.88 Å². The Morgan fingerprint density at radius 3 is 2.69 bits per heavy atom. The summed E-state index contributed by atoms with van der Waals surface area (Å²) in [7, 11) is 1.84. The molecule has 0 saturated carbocycles. The van der Waals surface area contributed by atoms with Crippen molar-refractivity contribution >= 4 is 28.3 Å². The second-order valence-electron chi connectivity index (χ2n) is 3.53. The Labute approximate surface area is 108 Å². The molecule has 0 saturated heterocycles. The van der Waals surface area contributed by atoms with Crippen molar-refractivity contribution in [2.45, 2.75) is 6.92 Å². The first-order valence-electron chi connectivity index (χ1n) is 4.80. The van der Waals surface area contributed by atoms with E-state index in [0.717, 1.165) is 9.26 Å². The van der Waals surface area contributed by atoms with Crippen molar-refractivity contribution in [3.8, 4) is 11.6 Å². The predicted molar refractivity (Wildman–Crippen MR) is 71.6 cm³/mol. The van der Waals surface area contributed by atoms with Crippen LogP contribution in [0.3, 0.4) is 0 Å². The monoisotopic (exact) mass is 329 g/mol. The molecule has 0 spiro atoms. The lowest BCUT2D eigenvalue weighted by Gasteiger charge is -2.08. The number of benzene rings is 1. The van der Waals surface area contributed by atoms with Gasteiger partial charge < -0.3 is 10.5 Å². The van der Waals surface area contributed by atoms with E-state index >= 15 is 0 Å². The molecule has 0 unspecified atom stereocenters. The highest BCUT2D eigenvalue weighted by atomic mass is 127. The van der Waals surface area contributed by atoms with E-state index < -0.39 is 0 Å². The second kappa shape index (κ2) is 4.32. The minimum Gasteiger partial charge on any atom is -0.437 e. The van der Waals surface area contributed by atoms with Gasteiger partial charge in [0, 0.05) is 16.7 Å². The molecule has 1 aromatic heterocycles. The number of nitrogens with zero attached hydrogens (tertiary/aromatic N) is 2. The highest BCUT2D eigenvalue weighted by Gasteiger charge is 2.07. The first-order chi connectivity index (χ1) is 7.56. The van der Waals surface area contributed by atoms with E-state index in [1.807, 2.05) is 38.2 Å². The van der Waals surface area contributed by atoms with Crippen LogP contribution in [0.4, 0.5) is 5.69 Å². The molecule has 5 heteroatoms. The summed E-state index contributed by atoms with van der Waals surface area (Å²) in [6, 6.07) is 7.56. The third-order valence-corrected chi connectivity index (χ3v) is 2.82. The van der Waals surface area contributed by atoms with Crippen molar-refractivity contribution in [2.24, 2.45) is 7.05 Å². The van der Waals surface area contributed by atoms with Gasteiger partial charge in [0.05, 0.1) is 11.4 Å². The van der Waals surface area contributed by atoms with Crippen LogP contribution in [0.2, 0.25) is 0 Å². The third-order valence-electron chi connectivity index (χ3n) is 2.15.